The number of hydrogen-bond donors (Lipinski definition) is 2. The topological polar surface area (TPSA) is 63.8 Å². The molecule has 5 heterocycles. The van der Waals surface area contributed by atoms with Crippen molar-refractivity contribution in [2.75, 3.05) is 26.2 Å². The molecule has 0 saturated carbocycles. The van der Waals surface area contributed by atoms with E-state index in [-0.39, 0.29) is 0 Å². The lowest BCUT2D eigenvalue weighted by Crippen LogP contribution is -2.30. The van der Waals surface area contributed by atoms with E-state index in [4.69, 9.17) is 0 Å². The van der Waals surface area contributed by atoms with Crippen LogP contribution in [0.3, 0.4) is 0 Å². The highest BCUT2D eigenvalue weighted by Gasteiger charge is 2.43. The quantitative estimate of drug-likeness (QED) is 0.397. The Bertz CT molecular complexity index is 1180. The third-order valence-corrected chi connectivity index (χ3v) is 8.36. The van der Waals surface area contributed by atoms with Crippen molar-refractivity contribution in [3.8, 4) is 0 Å². The zero-order valence-corrected chi connectivity index (χ0v) is 20.4. The highest BCUT2D eigenvalue weighted by Crippen LogP contribution is 2.40. The molecule has 7 heteroatoms. The van der Waals surface area contributed by atoms with Crippen LogP contribution in [0, 0.1) is 5.41 Å². The van der Waals surface area contributed by atoms with Crippen LogP contribution >= 0.6 is 11.3 Å². The fourth-order valence-electron chi connectivity index (χ4n) is 5.80. The molecular formula is C27H32N6S. The van der Waals surface area contributed by atoms with Crippen molar-refractivity contribution < 1.29 is 0 Å². The van der Waals surface area contributed by atoms with Crippen molar-refractivity contribution in [3.63, 3.8) is 0 Å². The summed E-state index contributed by atoms with van der Waals surface area (Å²) in [5, 5.41) is 2.19. The summed E-state index contributed by atoms with van der Waals surface area (Å²) in [4.78, 5) is 22.2. The van der Waals surface area contributed by atoms with Crippen LogP contribution in [-0.2, 0) is 25.9 Å². The lowest BCUT2D eigenvalue weighted by atomic mass is 9.86. The van der Waals surface area contributed by atoms with Crippen molar-refractivity contribution >= 4 is 11.3 Å². The SMILES string of the molecule is c1csc(CN2CCC3(CCN(Cc4ccc(Cc5ncc[nH]5)c(Cc5ncc[nH]5)c4)C3)C2)c1. The van der Waals surface area contributed by atoms with Gasteiger partial charge in [-0.1, -0.05) is 24.3 Å². The normalized spacial score (nSPS) is 21.2. The molecule has 6 rings (SSSR count). The van der Waals surface area contributed by atoms with E-state index < -0.39 is 0 Å². The van der Waals surface area contributed by atoms with Gasteiger partial charge in [-0.05, 0) is 59.5 Å². The highest BCUT2D eigenvalue weighted by atomic mass is 32.1. The predicted molar refractivity (Wildman–Crippen MR) is 136 cm³/mol. The predicted octanol–water partition coefficient (Wildman–Crippen LogP) is 4.47. The number of rotatable bonds is 8. The van der Waals surface area contributed by atoms with E-state index in [9.17, 15) is 0 Å². The zero-order valence-electron chi connectivity index (χ0n) is 19.5. The molecule has 1 spiro atoms. The Kier molecular flexibility index (Phi) is 6.07. The molecule has 2 aliphatic rings. The summed E-state index contributed by atoms with van der Waals surface area (Å²) in [6.07, 6.45) is 11.7. The minimum atomic E-state index is 0.480. The smallest absolute Gasteiger partial charge is 0.110 e. The first kappa shape index (κ1) is 21.8. The summed E-state index contributed by atoms with van der Waals surface area (Å²) in [5.41, 5.74) is 4.53. The molecule has 4 aromatic rings. The van der Waals surface area contributed by atoms with Gasteiger partial charge >= 0.3 is 0 Å². The molecule has 0 radical (unpaired) electrons. The number of imidazole rings is 2. The number of thiophene rings is 1. The molecule has 2 fully saturated rings. The van der Waals surface area contributed by atoms with Crippen LogP contribution in [0.2, 0.25) is 0 Å². The molecule has 176 valence electrons. The van der Waals surface area contributed by atoms with Crippen LogP contribution in [-0.4, -0.2) is 55.9 Å². The van der Waals surface area contributed by atoms with Gasteiger partial charge in [0.2, 0.25) is 0 Å². The second-order valence-electron chi connectivity index (χ2n) is 10.0. The van der Waals surface area contributed by atoms with Gasteiger partial charge in [0.05, 0.1) is 0 Å². The van der Waals surface area contributed by atoms with Gasteiger partial charge in [0, 0.05) is 68.7 Å². The third-order valence-electron chi connectivity index (χ3n) is 7.50. The average molecular weight is 473 g/mol. The van der Waals surface area contributed by atoms with E-state index in [2.05, 4.69) is 65.4 Å². The largest absolute Gasteiger partial charge is 0.348 e. The Morgan fingerprint density at radius 1 is 0.853 bits per heavy atom. The lowest BCUT2D eigenvalue weighted by Gasteiger charge is -2.25. The monoisotopic (exact) mass is 472 g/mol. The number of aromatic amines is 2. The van der Waals surface area contributed by atoms with Crippen LogP contribution in [0.25, 0.3) is 0 Å². The van der Waals surface area contributed by atoms with E-state index in [1.165, 1.54) is 60.6 Å². The van der Waals surface area contributed by atoms with E-state index in [0.717, 1.165) is 37.6 Å². The summed E-state index contributed by atoms with van der Waals surface area (Å²) in [6, 6.07) is 11.4. The standard InChI is InChI=1S/C27H32N6S/c1-2-24(34-13-1)18-33-12-6-27(20-33)5-11-32(19-27)17-21-3-4-22(15-25-28-7-8-29-25)23(14-21)16-26-30-9-10-31-26/h1-4,7-10,13-14H,5-6,11-12,15-20H2,(H,28,29)(H,30,31). The molecule has 1 unspecified atom stereocenters. The number of benzene rings is 1. The molecule has 1 atom stereocenters. The highest BCUT2D eigenvalue weighted by molar-refractivity contribution is 7.09. The van der Waals surface area contributed by atoms with E-state index >= 15 is 0 Å². The fourth-order valence-corrected chi connectivity index (χ4v) is 6.55. The molecule has 3 aromatic heterocycles. The van der Waals surface area contributed by atoms with Gasteiger partial charge in [0.15, 0.2) is 0 Å². The number of likely N-dealkylation sites (tertiary alicyclic amines) is 2. The Morgan fingerprint density at radius 2 is 1.56 bits per heavy atom. The molecule has 1 aromatic carbocycles. The number of aromatic nitrogens is 4. The van der Waals surface area contributed by atoms with E-state index in [1.54, 1.807) is 0 Å². The van der Waals surface area contributed by atoms with Crippen molar-refractivity contribution in [1.82, 2.24) is 29.7 Å². The Labute approximate surface area is 205 Å². The number of hydrogen-bond acceptors (Lipinski definition) is 5. The van der Waals surface area contributed by atoms with E-state index in [1.807, 2.05) is 36.1 Å². The molecule has 0 aliphatic carbocycles. The summed E-state index contributed by atoms with van der Waals surface area (Å²) in [5.74, 6) is 2.01. The second kappa shape index (κ2) is 9.49. The minimum Gasteiger partial charge on any atom is -0.348 e. The van der Waals surface area contributed by atoms with Gasteiger partial charge in [0.25, 0.3) is 0 Å². The van der Waals surface area contributed by atoms with Crippen molar-refractivity contribution in [2.45, 2.75) is 38.8 Å². The summed E-state index contributed by atoms with van der Waals surface area (Å²) in [7, 11) is 0. The molecule has 2 N–H and O–H groups in total. The maximum Gasteiger partial charge on any atom is 0.110 e. The first-order valence-corrected chi connectivity index (χ1v) is 13.2. The van der Waals surface area contributed by atoms with Crippen LogP contribution in [0.1, 0.15) is 46.1 Å². The molecule has 2 saturated heterocycles. The first-order valence-electron chi connectivity index (χ1n) is 12.3. The third kappa shape index (κ3) is 4.87. The van der Waals surface area contributed by atoms with Crippen LogP contribution in [0.4, 0.5) is 0 Å². The number of nitrogens with one attached hydrogen (secondary N) is 2. The maximum atomic E-state index is 4.47. The molecule has 0 bridgehead atoms. The van der Waals surface area contributed by atoms with Crippen LogP contribution < -0.4 is 0 Å². The zero-order chi connectivity index (χ0) is 22.8. The lowest BCUT2D eigenvalue weighted by molar-refractivity contribution is 0.235. The number of H-pyrrole nitrogens is 2. The molecule has 0 amide bonds. The van der Waals surface area contributed by atoms with Gasteiger partial charge < -0.3 is 9.97 Å². The summed E-state index contributed by atoms with van der Waals surface area (Å²) >= 11 is 1.88. The van der Waals surface area contributed by atoms with Crippen LogP contribution in [0.5, 0.6) is 0 Å². The van der Waals surface area contributed by atoms with Crippen molar-refractivity contribution in [3.05, 3.63) is 93.7 Å². The van der Waals surface area contributed by atoms with Crippen LogP contribution in [0.15, 0.2) is 60.5 Å². The fraction of sp³-hybridized carbons (Fsp3) is 0.407. The second-order valence-corrected chi connectivity index (χ2v) is 11.1. The van der Waals surface area contributed by atoms with Gasteiger partial charge in [-0.2, -0.15) is 0 Å². The Hall–Kier alpha value is -2.74. The maximum absolute atomic E-state index is 4.47. The Morgan fingerprint density at radius 3 is 2.21 bits per heavy atom. The summed E-state index contributed by atoms with van der Waals surface area (Å²) < 4.78 is 0. The average Bonchev–Trinajstić information content (AvgIpc) is 3.65. The van der Waals surface area contributed by atoms with Gasteiger partial charge in [-0.25, -0.2) is 9.97 Å². The molecule has 6 nitrogen and oxygen atoms in total. The van der Waals surface area contributed by atoms with Gasteiger partial charge in [0.1, 0.15) is 11.6 Å². The minimum absolute atomic E-state index is 0.480. The van der Waals surface area contributed by atoms with E-state index in [0.29, 0.717) is 5.41 Å². The van der Waals surface area contributed by atoms with Gasteiger partial charge in [-0.3, -0.25) is 9.80 Å². The molecular weight excluding hydrogens is 440 g/mol. The van der Waals surface area contributed by atoms with Crippen molar-refractivity contribution in [2.24, 2.45) is 5.41 Å². The molecule has 34 heavy (non-hydrogen) atoms. The van der Waals surface area contributed by atoms with Crippen molar-refractivity contribution in [1.29, 1.82) is 0 Å². The number of nitrogens with zero attached hydrogens (tertiary/aromatic N) is 4. The summed E-state index contributed by atoms with van der Waals surface area (Å²) in [6.45, 7) is 7.05. The molecule has 2 aliphatic heterocycles. The Balaban J connectivity index is 1.13. The van der Waals surface area contributed by atoms with Gasteiger partial charge in [-0.15, -0.1) is 11.3 Å². The first-order chi connectivity index (χ1) is 16.7.